The summed E-state index contributed by atoms with van der Waals surface area (Å²) in [5.41, 5.74) is 4.16. The van der Waals surface area contributed by atoms with Crippen molar-refractivity contribution in [1.29, 1.82) is 0 Å². The molecule has 0 bridgehead atoms. The summed E-state index contributed by atoms with van der Waals surface area (Å²) < 4.78 is 25.1. The van der Waals surface area contributed by atoms with E-state index in [0.29, 0.717) is 26.4 Å². The maximum atomic E-state index is 6.33. The first-order chi connectivity index (χ1) is 16.8. The normalized spacial score (nSPS) is 11.4. The van der Waals surface area contributed by atoms with E-state index in [0.717, 1.165) is 22.3 Å². The van der Waals surface area contributed by atoms with Crippen LogP contribution in [-0.2, 0) is 45.4 Å². The zero-order valence-electron chi connectivity index (χ0n) is 19.2. The number of ether oxygens (including phenoxy) is 4. The second-order valence-electron chi connectivity index (χ2n) is 7.98. The maximum Gasteiger partial charge on any atom is 0.308 e. The van der Waals surface area contributed by atoms with Crippen LogP contribution in [0.5, 0.6) is 0 Å². The van der Waals surface area contributed by atoms with Crippen molar-refractivity contribution in [2.45, 2.75) is 32.4 Å². The van der Waals surface area contributed by atoms with Crippen LogP contribution in [0.1, 0.15) is 22.3 Å². The molecule has 0 radical (unpaired) electrons. The van der Waals surface area contributed by atoms with Crippen molar-refractivity contribution >= 4 is 0 Å². The minimum Gasteiger partial charge on any atom is -0.368 e. The fourth-order valence-electron chi connectivity index (χ4n) is 3.42. The van der Waals surface area contributed by atoms with Gasteiger partial charge in [0.1, 0.15) is 6.61 Å². The van der Waals surface area contributed by atoms with Gasteiger partial charge in [0.2, 0.25) is 0 Å². The third-order valence-corrected chi connectivity index (χ3v) is 5.30. The first-order valence-electron chi connectivity index (χ1n) is 11.5. The molecule has 174 valence electrons. The SMILES string of the molecule is c1ccc(COCC(OCc2ccccc2)(OCc2ccccc2)OCc2ccccc2)cc1. The van der Waals surface area contributed by atoms with Crippen LogP contribution in [0.4, 0.5) is 0 Å². The van der Waals surface area contributed by atoms with Gasteiger partial charge in [0.15, 0.2) is 0 Å². The van der Waals surface area contributed by atoms with Crippen LogP contribution in [0.2, 0.25) is 0 Å². The highest BCUT2D eigenvalue weighted by molar-refractivity contribution is 5.16. The van der Waals surface area contributed by atoms with Gasteiger partial charge in [-0.05, 0) is 22.3 Å². The molecule has 0 aliphatic heterocycles. The Hall–Kier alpha value is -3.28. The highest BCUT2D eigenvalue weighted by Gasteiger charge is 2.35. The van der Waals surface area contributed by atoms with Crippen LogP contribution in [0, 0.1) is 0 Å². The van der Waals surface area contributed by atoms with Crippen LogP contribution in [-0.4, -0.2) is 12.6 Å². The lowest BCUT2D eigenvalue weighted by atomic mass is 10.2. The first kappa shape index (κ1) is 23.9. The third kappa shape index (κ3) is 7.65. The summed E-state index contributed by atoms with van der Waals surface area (Å²) in [6.45, 7) is 1.55. The lowest BCUT2D eigenvalue weighted by molar-refractivity contribution is -0.408. The summed E-state index contributed by atoms with van der Waals surface area (Å²) in [4.78, 5) is 0. The Kier molecular flexibility index (Phi) is 9.00. The van der Waals surface area contributed by atoms with Gasteiger partial charge in [-0.15, -0.1) is 0 Å². The molecule has 0 unspecified atom stereocenters. The summed E-state index contributed by atoms with van der Waals surface area (Å²) in [7, 11) is 0. The van der Waals surface area contributed by atoms with Gasteiger partial charge >= 0.3 is 5.97 Å². The van der Waals surface area contributed by atoms with Crippen LogP contribution >= 0.6 is 0 Å². The van der Waals surface area contributed by atoms with Crippen molar-refractivity contribution in [3.63, 3.8) is 0 Å². The summed E-state index contributed by atoms with van der Waals surface area (Å²) in [6.07, 6.45) is 0. The van der Waals surface area contributed by atoms with E-state index in [-0.39, 0.29) is 6.61 Å². The van der Waals surface area contributed by atoms with E-state index in [1.165, 1.54) is 0 Å². The highest BCUT2D eigenvalue weighted by atomic mass is 16.9. The monoisotopic (exact) mass is 454 g/mol. The fourth-order valence-corrected chi connectivity index (χ4v) is 3.42. The van der Waals surface area contributed by atoms with Gasteiger partial charge in [-0.2, -0.15) is 0 Å². The molecule has 4 nitrogen and oxygen atoms in total. The minimum atomic E-state index is -1.38. The molecule has 0 heterocycles. The third-order valence-electron chi connectivity index (χ3n) is 5.30. The number of hydrogen-bond donors (Lipinski definition) is 0. The van der Waals surface area contributed by atoms with Gasteiger partial charge in [-0.25, -0.2) is 0 Å². The number of rotatable bonds is 13. The van der Waals surface area contributed by atoms with Crippen LogP contribution in [0.15, 0.2) is 121 Å². The Balaban J connectivity index is 1.52. The summed E-state index contributed by atoms with van der Waals surface area (Å²) in [5, 5.41) is 0. The van der Waals surface area contributed by atoms with Gasteiger partial charge in [0, 0.05) is 0 Å². The molecule has 4 rings (SSSR count). The molecule has 4 aromatic carbocycles. The quantitative estimate of drug-likeness (QED) is 0.216. The van der Waals surface area contributed by atoms with Gasteiger partial charge in [0.25, 0.3) is 0 Å². The van der Waals surface area contributed by atoms with Crippen LogP contribution in [0.3, 0.4) is 0 Å². The van der Waals surface area contributed by atoms with E-state index in [1.807, 2.05) is 121 Å². The molecule has 4 heteroatoms. The smallest absolute Gasteiger partial charge is 0.308 e. The van der Waals surface area contributed by atoms with Crippen LogP contribution in [0.25, 0.3) is 0 Å². The van der Waals surface area contributed by atoms with Gasteiger partial charge in [0.05, 0.1) is 26.4 Å². The highest BCUT2D eigenvalue weighted by Crippen LogP contribution is 2.24. The molecular formula is C30H30O4. The van der Waals surface area contributed by atoms with Crippen molar-refractivity contribution in [3.8, 4) is 0 Å². The molecule has 0 saturated carbocycles. The van der Waals surface area contributed by atoms with E-state index in [2.05, 4.69) is 0 Å². The van der Waals surface area contributed by atoms with Crippen molar-refractivity contribution in [2.24, 2.45) is 0 Å². The zero-order chi connectivity index (χ0) is 23.3. The second-order valence-corrected chi connectivity index (χ2v) is 7.98. The summed E-state index contributed by atoms with van der Waals surface area (Å²) in [5.74, 6) is -1.38. The van der Waals surface area contributed by atoms with Crippen molar-refractivity contribution in [2.75, 3.05) is 6.61 Å². The average Bonchev–Trinajstić information content (AvgIpc) is 2.92. The molecule has 4 aromatic rings. The molecular weight excluding hydrogens is 424 g/mol. The van der Waals surface area contributed by atoms with Crippen LogP contribution < -0.4 is 0 Å². The van der Waals surface area contributed by atoms with E-state index < -0.39 is 5.97 Å². The van der Waals surface area contributed by atoms with E-state index in [4.69, 9.17) is 18.9 Å². The second kappa shape index (κ2) is 12.8. The molecule has 0 atom stereocenters. The zero-order valence-corrected chi connectivity index (χ0v) is 19.2. The Bertz CT molecular complexity index is 964. The molecule has 0 amide bonds. The van der Waals surface area contributed by atoms with Gasteiger partial charge in [-0.3, -0.25) is 0 Å². The largest absolute Gasteiger partial charge is 0.368 e. The number of benzene rings is 4. The Labute approximate surface area is 201 Å². The fraction of sp³-hybridized carbons (Fsp3) is 0.200. The topological polar surface area (TPSA) is 36.9 Å². The predicted octanol–water partition coefficient (Wildman–Crippen LogP) is 6.51. The summed E-state index contributed by atoms with van der Waals surface area (Å²) >= 11 is 0. The van der Waals surface area contributed by atoms with E-state index in [1.54, 1.807) is 0 Å². The Morgan fingerprint density at radius 2 is 0.676 bits per heavy atom. The van der Waals surface area contributed by atoms with Gasteiger partial charge in [-0.1, -0.05) is 121 Å². The number of hydrogen-bond acceptors (Lipinski definition) is 4. The molecule has 0 saturated heterocycles. The molecule has 0 spiro atoms. The predicted molar refractivity (Wildman–Crippen MR) is 133 cm³/mol. The first-order valence-corrected chi connectivity index (χ1v) is 11.5. The van der Waals surface area contributed by atoms with Crippen molar-refractivity contribution in [1.82, 2.24) is 0 Å². The minimum absolute atomic E-state index is 0.119. The maximum absolute atomic E-state index is 6.33. The standard InChI is InChI=1S/C30H30O4/c1-5-13-26(14-6-1)21-31-25-30(32-22-27-15-7-2-8-16-27,33-23-28-17-9-3-10-18-28)34-24-29-19-11-4-12-20-29/h1-20H,21-25H2. The Morgan fingerprint density at radius 3 is 1.00 bits per heavy atom. The molecule has 0 aromatic heterocycles. The molecule has 0 aliphatic carbocycles. The Morgan fingerprint density at radius 1 is 0.382 bits per heavy atom. The van der Waals surface area contributed by atoms with Crippen molar-refractivity contribution in [3.05, 3.63) is 144 Å². The molecule has 0 fully saturated rings. The van der Waals surface area contributed by atoms with E-state index >= 15 is 0 Å². The van der Waals surface area contributed by atoms with Crippen molar-refractivity contribution < 1.29 is 18.9 Å². The lowest BCUT2D eigenvalue weighted by Crippen LogP contribution is -2.43. The molecule has 0 N–H and O–H groups in total. The molecule has 34 heavy (non-hydrogen) atoms. The van der Waals surface area contributed by atoms with Gasteiger partial charge < -0.3 is 18.9 Å². The lowest BCUT2D eigenvalue weighted by Gasteiger charge is -2.33. The van der Waals surface area contributed by atoms with E-state index in [9.17, 15) is 0 Å². The average molecular weight is 455 g/mol. The summed E-state index contributed by atoms with van der Waals surface area (Å²) in [6, 6.07) is 40.0. The molecule has 0 aliphatic rings.